The summed E-state index contributed by atoms with van der Waals surface area (Å²) in [5.41, 5.74) is 1.55. The Balaban J connectivity index is 2.11. The maximum Gasteiger partial charge on any atom is 0.258 e. The van der Waals surface area contributed by atoms with E-state index < -0.39 is 0 Å². The van der Waals surface area contributed by atoms with Crippen LogP contribution < -0.4 is 5.32 Å². The van der Waals surface area contributed by atoms with Gasteiger partial charge in [-0.2, -0.15) is 0 Å². The molecule has 0 spiro atoms. The van der Waals surface area contributed by atoms with Gasteiger partial charge in [0.15, 0.2) is 0 Å². The summed E-state index contributed by atoms with van der Waals surface area (Å²) in [6.45, 7) is 1.94. The molecule has 5 heteroatoms. The number of nitrogens with zero attached hydrogens (tertiary/aromatic N) is 2. The molecule has 1 amide bonds. The van der Waals surface area contributed by atoms with Crippen molar-refractivity contribution in [1.82, 2.24) is 9.97 Å². The number of hydrogen-bond donors (Lipinski definition) is 1. The number of carbonyl (C=O) groups is 1. The fraction of sp³-hybridized carbons (Fsp3) is 0.0833. The van der Waals surface area contributed by atoms with Gasteiger partial charge in [0, 0.05) is 12.4 Å². The molecule has 0 aliphatic rings. The molecule has 86 valence electrons. The van der Waals surface area contributed by atoms with Crippen LogP contribution in [0.3, 0.4) is 0 Å². The van der Waals surface area contributed by atoms with Crippen molar-refractivity contribution in [2.24, 2.45) is 0 Å². The summed E-state index contributed by atoms with van der Waals surface area (Å²) in [4.78, 5) is 19.9. The summed E-state index contributed by atoms with van der Waals surface area (Å²) in [6, 6.07) is 7.07. The Bertz CT molecular complexity index is 522. The molecule has 2 aromatic heterocycles. The molecule has 0 atom stereocenters. The van der Waals surface area contributed by atoms with E-state index in [9.17, 15) is 4.79 Å². The molecule has 0 aliphatic heterocycles. The number of amides is 1. The first-order valence-electron chi connectivity index (χ1n) is 5.01. The third-order valence-electron chi connectivity index (χ3n) is 2.14. The highest BCUT2D eigenvalue weighted by atomic mass is 79.9. The lowest BCUT2D eigenvalue weighted by Gasteiger charge is -2.04. The number of aryl methyl sites for hydroxylation is 1. The molecule has 0 saturated heterocycles. The Morgan fingerprint density at radius 2 is 2.00 bits per heavy atom. The number of aromatic nitrogens is 2. The minimum absolute atomic E-state index is 0.221. The number of pyridine rings is 2. The normalized spacial score (nSPS) is 10.0. The van der Waals surface area contributed by atoms with Gasteiger partial charge in [-0.15, -0.1) is 0 Å². The van der Waals surface area contributed by atoms with Gasteiger partial charge in [0.1, 0.15) is 10.4 Å². The Morgan fingerprint density at radius 3 is 2.59 bits per heavy atom. The van der Waals surface area contributed by atoms with Gasteiger partial charge in [-0.3, -0.25) is 4.79 Å². The highest BCUT2D eigenvalue weighted by Crippen LogP contribution is 2.09. The van der Waals surface area contributed by atoms with Gasteiger partial charge in [-0.05, 0) is 46.6 Å². The summed E-state index contributed by atoms with van der Waals surface area (Å²) < 4.78 is 0.697. The zero-order valence-electron chi connectivity index (χ0n) is 9.14. The maximum atomic E-state index is 11.8. The van der Waals surface area contributed by atoms with Gasteiger partial charge in [-0.1, -0.05) is 6.07 Å². The van der Waals surface area contributed by atoms with Gasteiger partial charge in [-0.25, -0.2) is 9.97 Å². The summed E-state index contributed by atoms with van der Waals surface area (Å²) in [5.74, 6) is 0.310. The topological polar surface area (TPSA) is 54.9 Å². The Morgan fingerprint density at radius 1 is 1.18 bits per heavy atom. The predicted octanol–water partition coefficient (Wildman–Crippen LogP) is 2.80. The van der Waals surface area contributed by atoms with Gasteiger partial charge >= 0.3 is 0 Å². The molecule has 0 saturated carbocycles. The first kappa shape index (κ1) is 11.7. The minimum Gasteiger partial charge on any atom is -0.307 e. The van der Waals surface area contributed by atoms with Crippen molar-refractivity contribution < 1.29 is 4.79 Å². The van der Waals surface area contributed by atoms with Crippen LogP contribution in [0.25, 0.3) is 0 Å². The van der Waals surface area contributed by atoms with E-state index in [1.807, 2.05) is 13.0 Å². The third kappa shape index (κ3) is 3.10. The first-order valence-corrected chi connectivity index (χ1v) is 5.80. The van der Waals surface area contributed by atoms with Crippen molar-refractivity contribution in [2.75, 3.05) is 5.32 Å². The Kier molecular flexibility index (Phi) is 3.49. The molecule has 0 aromatic carbocycles. The zero-order chi connectivity index (χ0) is 12.3. The van der Waals surface area contributed by atoms with Crippen LogP contribution in [0.5, 0.6) is 0 Å². The second kappa shape index (κ2) is 5.05. The van der Waals surface area contributed by atoms with E-state index in [1.54, 1.807) is 24.4 Å². The van der Waals surface area contributed by atoms with Crippen LogP contribution in [0.4, 0.5) is 5.82 Å². The average Bonchev–Trinajstić information content (AvgIpc) is 2.33. The van der Waals surface area contributed by atoms with Gasteiger partial charge < -0.3 is 5.32 Å². The smallest absolute Gasteiger partial charge is 0.258 e. The van der Waals surface area contributed by atoms with E-state index >= 15 is 0 Å². The first-order chi connectivity index (χ1) is 8.15. The number of hydrogen-bond acceptors (Lipinski definition) is 3. The van der Waals surface area contributed by atoms with Crippen LogP contribution in [-0.4, -0.2) is 15.9 Å². The van der Waals surface area contributed by atoms with Gasteiger partial charge in [0.25, 0.3) is 5.91 Å². The van der Waals surface area contributed by atoms with Crippen LogP contribution in [0.15, 0.2) is 41.3 Å². The quantitative estimate of drug-likeness (QED) is 0.866. The molecular formula is C12H10BrN3O. The second-order valence-corrected chi connectivity index (χ2v) is 4.36. The molecular weight excluding hydrogens is 282 g/mol. The van der Waals surface area contributed by atoms with Crippen molar-refractivity contribution in [1.29, 1.82) is 0 Å². The van der Waals surface area contributed by atoms with Crippen molar-refractivity contribution in [3.8, 4) is 0 Å². The molecule has 0 radical (unpaired) electrons. The van der Waals surface area contributed by atoms with Crippen molar-refractivity contribution in [3.05, 3.63) is 52.4 Å². The fourth-order valence-corrected chi connectivity index (χ4v) is 1.47. The molecule has 2 heterocycles. The maximum absolute atomic E-state index is 11.8. The number of anilines is 1. The third-order valence-corrected chi connectivity index (χ3v) is 2.61. The summed E-state index contributed by atoms with van der Waals surface area (Å²) in [7, 11) is 0. The lowest BCUT2D eigenvalue weighted by molar-refractivity contribution is 0.102. The van der Waals surface area contributed by atoms with E-state index in [1.165, 1.54) is 6.20 Å². The van der Waals surface area contributed by atoms with Crippen LogP contribution in [-0.2, 0) is 0 Å². The van der Waals surface area contributed by atoms with Crippen molar-refractivity contribution in [3.63, 3.8) is 0 Å². The van der Waals surface area contributed by atoms with E-state index in [-0.39, 0.29) is 5.91 Å². The standard InChI is InChI=1S/C12H10BrN3O/c1-8-2-5-11(15-6-8)16-12(17)9-3-4-10(13)14-7-9/h2-7H,1H3,(H,15,16,17). The molecule has 2 rings (SSSR count). The number of rotatable bonds is 2. The van der Waals surface area contributed by atoms with Gasteiger partial charge in [0.05, 0.1) is 5.56 Å². The minimum atomic E-state index is -0.221. The van der Waals surface area contributed by atoms with Crippen molar-refractivity contribution in [2.45, 2.75) is 6.92 Å². The molecule has 2 aromatic rings. The van der Waals surface area contributed by atoms with Crippen LogP contribution in [0, 0.1) is 6.92 Å². The molecule has 4 nitrogen and oxygen atoms in total. The molecule has 0 unspecified atom stereocenters. The van der Waals surface area contributed by atoms with E-state index in [2.05, 4.69) is 31.2 Å². The molecule has 0 bridgehead atoms. The summed E-state index contributed by atoms with van der Waals surface area (Å²) in [6.07, 6.45) is 3.21. The largest absolute Gasteiger partial charge is 0.307 e. The summed E-state index contributed by atoms with van der Waals surface area (Å²) in [5, 5.41) is 2.70. The van der Waals surface area contributed by atoms with Crippen LogP contribution in [0.2, 0.25) is 0 Å². The van der Waals surface area contributed by atoms with Crippen molar-refractivity contribution >= 4 is 27.7 Å². The van der Waals surface area contributed by atoms with E-state index in [4.69, 9.17) is 0 Å². The molecule has 17 heavy (non-hydrogen) atoms. The molecule has 0 aliphatic carbocycles. The second-order valence-electron chi connectivity index (χ2n) is 3.54. The fourth-order valence-electron chi connectivity index (χ4n) is 1.24. The Hall–Kier alpha value is -1.75. The van der Waals surface area contributed by atoms with Crippen LogP contribution >= 0.6 is 15.9 Å². The highest BCUT2D eigenvalue weighted by Gasteiger charge is 2.06. The summed E-state index contributed by atoms with van der Waals surface area (Å²) >= 11 is 3.21. The molecule has 0 fully saturated rings. The molecule has 1 N–H and O–H groups in total. The lowest BCUT2D eigenvalue weighted by atomic mass is 10.2. The number of nitrogens with one attached hydrogen (secondary N) is 1. The monoisotopic (exact) mass is 291 g/mol. The highest BCUT2D eigenvalue weighted by molar-refractivity contribution is 9.10. The lowest BCUT2D eigenvalue weighted by Crippen LogP contribution is -2.13. The van der Waals surface area contributed by atoms with Crippen LogP contribution in [0.1, 0.15) is 15.9 Å². The Labute approximate surface area is 107 Å². The predicted molar refractivity (Wildman–Crippen MR) is 68.9 cm³/mol. The van der Waals surface area contributed by atoms with E-state index in [0.717, 1.165) is 5.56 Å². The van der Waals surface area contributed by atoms with E-state index in [0.29, 0.717) is 16.0 Å². The SMILES string of the molecule is Cc1ccc(NC(=O)c2ccc(Br)nc2)nc1. The zero-order valence-corrected chi connectivity index (χ0v) is 10.7. The number of carbonyl (C=O) groups excluding carboxylic acids is 1. The number of halogens is 1. The van der Waals surface area contributed by atoms with Gasteiger partial charge in [0.2, 0.25) is 0 Å². The average molecular weight is 292 g/mol.